The number of aromatic nitrogens is 9. The molecule has 0 aliphatic carbocycles. The van der Waals surface area contributed by atoms with Gasteiger partial charge in [0.05, 0.1) is 30.4 Å². The fourth-order valence-corrected chi connectivity index (χ4v) is 8.57. The molecule has 6 heterocycles. The zero-order valence-corrected chi connectivity index (χ0v) is 40.2. The minimum absolute atomic E-state index is 0.0567. The van der Waals surface area contributed by atoms with Crippen molar-refractivity contribution in [2.24, 2.45) is 11.7 Å². The maximum atomic E-state index is 13.7. The number of hydrogen-bond acceptors (Lipinski definition) is 15. The maximum Gasteiger partial charge on any atom is 0.295 e. The van der Waals surface area contributed by atoms with Gasteiger partial charge in [0.15, 0.2) is 17.5 Å². The highest BCUT2D eigenvalue weighted by Gasteiger charge is 2.31. The Hall–Kier alpha value is -8.56. The molecule has 1 fully saturated rings. The fraction of sp³-hybridized carbons (Fsp3) is 0.347. The molecule has 0 saturated carbocycles. The van der Waals surface area contributed by atoms with E-state index in [0.29, 0.717) is 118 Å². The third-order valence-corrected chi connectivity index (χ3v) is 12.2. The van der Waals surface area contributed by atoms with Crippen LogP contribution in [0.3, 0.4) is 0 Å². The van der Waals surface area contributed by atoms with Crippen molar-refractivity contribution < 1.29 is 42.7 Å². The molecule has 4 amide bonds. The van der Waals surface area contributed by atoms with Crippen LogP contribution in [0.15, 0.2) is 59.2 Å². The number of allylic oxidation sites excluding steroid dienone is 3. The molecule has 22 nitrogen and oxygen atoms in total. The number of likely N-dealkylation sites (N-methyl/N-ethyl adjacent to an activating group) is 1. The number of nitrogens with two attached hydrogens (primary N) is 1. The van der Waals surface area contributed by atoms with Gasteiger partial charge >= 0.3 is 0 Å². The largest absolute Gasteiger partial charge is 0.494 e. The van der Waals surface area contributed by atoms with Gasteiger partial charge in [-0.05, 0) is 62.9 Å². The molecule has 1 aliphatic rings. The summed E-state index contributed by atoms with van der Waals surface area (Å²) in [7, 11) is 3.04. The quantitative estimate of drug-likeness (QED) is 0.0564. The minimum Gasteiger partial charge on any atom is -0.494 e. The summed E-state index contributed by atoms with van der Waals surface area (Å²) in [5.41, 5.74) is 8.76. The molecule has 0 unspecified atom stereocenters. The van der Waals surface area contributed by atoms with E-state index in [2.05, 4.69) is 20.4 Å². The molecule has 368 valence electrons. The number of amides is 4. The Morgan fingerprint density at radius 2 is 1.73 bits per heavy atom. The van der Waals surface area contributed by atoms with E-state index in [-0.39, 0.29) is 67.7 Å². The number of rotatable bonds is 21. The SMILES string of the molecule is CCc1nc(C)oc1C(=O)Nc1nc2cc(C(N)=O)cc(OC)c2n1C/C=C/Cn1c2nc(-c3nc(C)nn3CC)ncc2c2cc(C=O)cc(OCCC3CN(C(=O)CCN(C)C(=O)/C=C\C=O)C3)c21. The Bertz CT molecular complexity index is 3280. The summed E-state index contributed by atoms with van der Waals surface area (Å²) in [6, 6.07) is 6.51. The van der Waals surface area contributed by atoms with Crippen LogP contribution in [0, 0.1) is 19.8 Å². The number of carbonyl (C=O) groups is 6. The lowest BCUT2D eigenvalue weighted by atomic mass is 9.96. The van der Waals surface area contributed by atoms with Crippen molar-refractivity contribution in [1.82, 2.24) is 53.6 Å². The summed E-state index contributed by atoms with van der Waals surface area (Å²) >= 11 is 0. The van der Waals surface area contributed by atoms with Crippen LogP contribution in [-0.2, 0) is 40.4 Å². The standard InChI is InChI=1S/C49H53N13O9/c1-7-35-43(71-29(4)53-35)48(68)56-49-54-36-22-32(44(50)67)23-37(69-6)42(36)61(49)16-10-9-15-60-41-33(34-24-51-45(55-46(34)60)47-52-28(3)57-62(47)8-2)20-31(27-64)21-38(41)70-19-14-30-25-59(26-30)40(66)13-17-58(5)39(65)12-11-18-63/h9-12,18,20-24,27,30H,7-8,13-17,19,25-26H2,1-6H3,(H2,50,67)(H,54,56,68)/b10-9+,12-11-. The van der Waals surface area contributed by atoms with Gasteiger partial charge < -0.3 is 38.6 Å². The van der Waals surface area contributed by atoms with Gasteiger partial charge in [-0.15, -0.1) is 0 Å². The first-order chi connectivity index (χ1) is 34.2. The van der Waals surface area contributed by atoms with Gasteiger partial charge in [-0.25, -0.2) is 29.6 Å². The second-order valence-corrected chi connectivity index (χ2v) is 16.9. The van der Waals surface area contributed by atoms with Crippen molar-refractivity contribution in [3.05, 3.63) is 89.1 Å². The van der Waals surface area contributed by atoms with Crippen LogP contribution in [0.4, 0.5) is 5.95 Å². The van der Waals surface area contributed by atoms with Crippen LogP contribution >= 0.6 is 0 Å². The van der Waals surface area contributed by atoms with Crippen molar-refractivity contribution in [2.75, 3.05) is 45.7 Å². The van der Waals surface area contributed by atoms with E-state index < -0.39 is 11.8 Å². The topological polar surface area (TPSA) is 271 Å². The molecular weight excluding hydrogens is 915 g/mol. The first-order valence-electron chi connectivity index (χ1n) is 23.0. The van der Waals surface area contributed by atoms with Gasteiger partial charge in [-0.3, -0.25) is 34.1 Å². The number of imidazole rings is 1. The number of nitrogens with one attached hydrogen (secondary N) is 1. The average molecular weight is 968 g/mol. The number of likely N-dealkylation sites (tertiary alicyclic amines) is 1. The second-order valence-electron chi connectivity index (χ2n) is 16.9. The summed E-state index contributed by atoms with van der Waals surface area (Å²) in [5, 5.41) is 8.73. The van der Waals surface area contributed by atoms with Crippen LogP contribution in [0.1, 0.15) is 75.4 Å². The Kier molecular flexibility index (Phi) is 14.4. The lowest BCUT2D eigenvalue weighted by molar-refractivity contribution is -0.138. The third kappa shape index (κ3) is 10.1. The van der Waals surface area contributed by atoms with Crippen molar-refractivity contribution >= 4 is 75.1 Å². The summed E-state index contributed by atoms with van der Waals surface area (Å²) in [6.07, 6.45) is 10.3. The Morgan fingerprint density at radius 3 is 2.44 bits per heavy atom. The van der Waals surface area contributed by atoms with Crippen LogP contribution in [0.25, 0.3) is 44.6 Å². The summed E-state index contributed by atoms with van der Waals surface area (Å²) in [4.78, 5) is 101. The highest BCUT2D eigenvalue weighted by Crippen LogP contribution is 2.37. The van der Waals surface area contributed by atoms with Crippen LogP contribution < -0.4 is 20.5 Å². The number of nitrogens with zero attached hydrogens (tertiary/aromatic N) is 11. The van der Waals surface area contributed by atoms with Gasteiger partial charge in [0, 0.05) is 93.8 Å². The van der Waals surface area contributed by atoms with Gasteiger partial charge in [-0.2, -0.15) is 5.10 Å². The fourth-order valence-electron chi connectivity index (χ4n) is 8.57. The van der Waals surface area contributed by atoms with E-state index in [0.717, 1.165) is 18.4 Å². The van der Waals surface area contributed by atoms with Gasteiger partial charge in [0.25, 0.3) is 5.91 Å². The summed E-state index contributed by atoms with van der Waals surface area (Å²) in [6.45, 7) is 9.80. The molecule has 0 bridgehead atoms. The van der Waals surface area contributed by atoms with E-state index in [1.165, 1.54) is 24.1 Å². The number of primary amides is 1. The lowest BCUT2D eigenvalue weighted by Gasteiger charge is -2.39. The molecule has 2 aromatic carbocycles. The van der Waals surface area contributed by atoms with Crippen LogP contribution in [0.2, 0.25) is 0 Å². The molecule has 7 aromatic rings. The highest BCUT2D eigenvalue weighted by molar-refractivity contribution is 6.10. The minimum atomic E-state index is -0.679. The number of aryl methyl sites for hydroxylation is 4. The second kappa shape index (κ2) is 21.0. The van der Waals surface area contributed by atoms with Crippen LogP contribution in [-0.4, -0.2) is 130 Å². The van der Waals surface area contributed by atoms with Gasteiger partial charge in [0.2, 0.25) is 29.4 Å². The number of methoxy groups -OCH3 is 1. The number of anilines is 1. The molecule has 8 rings (SSSR count). The smallest absolute Gasteiger partial charge is 0.295 e. The normalized spacial score (nSPS) is 12.9. The Balaban J connectivity index is 1.10. The van der Waals surface area contributed by atoms with E-state index in [4.69, 9.17) is 34.6 Å². The first-order valence-corrected chi connectivity index (χ1v) is 23.0. The number of carbonyl (C=O) groups excluding carboxylic acids is 6. The van der Waals surface area contributed by atoms with Crippen LogP contribution in [0.5, 0.6) is 11.5 Å². The molecular formula is C49H53N13O9. The number of benzene rings is 2. The summed E-state index contributed by atoms with van der Waals surface area (Å²) in [5.74, 6) is 1.21. The zero-order chi connectivity index (χ0) is 50.5. The van der Waals surface area contributed by atoms with Gasteiger partial charge in [0.1, 0.15) is 41.1 Å². The predicted octanol–water partition coefficient (Wildman–Crippen LogP) is 4.64. The van der Waals surface area contributed by atoms with E-state index in [9.17, 15) is 28.8 Å². The number of hydrogen-bond donors (Lipinski definition) is 2. The van der Waals surface area contributed by atoms with E-state index in [1.54, 1.807) is 53.4 Å². The molecule has 3 N–H and O–H groups in total. The maximum absolute atomic E-state index is 13.7. The Morgan fingerprint density at radius 1 is 0.958 bits per heavy atom. The number of fused-ring (bicyclic) bond motifs is 4. The molecule has 22 heteroatoms. The molecule has 1 saturated heterocycles. The van der Waals surface area contributed by atoms with Crippen molar-refractivity contribution in [1.29, 1.82) is 0 Å². The number of aldehydes is 2. The average Bonchev–Trinajstić information content (AvgIpc) is 4.11. The molecule has 5 aromatic heterocycles. The Labute approximate surface area is 406 Å². The van der Waals surface area contributed by atoms with E-state index >= 15 is 0 Å². The third-order valence-electron chi connectivity index (χ3n) is 12.2. The predicted molar refractivity (Wildman–Crippen MR) is 260 cm³/mol. The highest BCUT2D eigenvalue weighted by atomic mass is 16.5. The van der Waals surface area contributed by atoms with Crippen molar-refractivity contribution in [3.8, 4) is 23.1 Å². The van der Waals surface area contributed by atoms with Gasteiger partial charge in [-0.1, -0.05) is 19.1 Å². The molecule has 71 heavy (non-hydrogen) atoms. The molecule has 0 atom stereocenters. The zero-order valence-electron chi connectivity index (χ0n) is 40.2. The lowest BCUT2D eigenvalue weighted by Crippen LogP contribution is -2.51. The monoisotopic (exact) mass is 967 g/mol. The van der Waals surface area contributed by atoms with Crippen molar-refractivity contribution in [2.45, 2.75) is 66.6 Å². The number of oxazole rings is 1. The number of ether oxygens (including phenoxy) is 2. The van der Waals surface area contributed by atoms with Crippen molar-refractivity contribution in [3.63, 3.8) is 0 Å². The van der Waals surface area contributed by atoms with E-state index in [1.807, 2.05) is 30.6 Å². The molecule has 0 radical (unpaired) electrons. The summed E-state index contributed by atoms with van der Waals surface area (Å²) < 4.78 is 23.4. The first kappa shape index (κ1) is 48.9. The molecule has 0 spiro atoms. The molecule has 1 aliphatic heterocycles.